The Morgan fingerprint density at radius 3 is 2.59 bits per heavy atom. The molecule has 0 saturated carbocycles. The molecule has 0 fully saturated rings. The van der Waals surface area contributed by atoms with Gasteiger partial charge in [-0.1, -0.05) is 12.1 Å². The van der Waals surface area contributed by atoms with Gasteiger partial charge in [-0.2, -0.15) is 0 Å². The number of ether oxygens (including phenoxy) is 1. The molecule has 17 heavy (non-hydrogen) atoms. The molecule has 2 N–H and O–H groups in total. The zero-order valence-corrected chi connectivity index (χ0v) is 10.3. The lowest BCUT2D eigenvalue weighted by Crippen LogP contribution is -1.90. The SMILES string of the molecule is C=N/C=C(\C=C(/C)c1ccc(N)cc1)OCC. The fourth-order valence-electron chi connectivity index (χ4n) is 1.42. The monoisotopic (exact) mass is 230 g/mol. The molecule has 3 nitrogen and oxygen atoms in total. The van der Waals surface area contributed by atoms with Crippen LogP contribution in [-0.4, -0.2) is 13.3 Å². The normalized spacial score (nSPS) is 12.4. The van der Waals surface area contributed by atoms with Crippen molar-refractivity contribution in [3.8, 4) is 0 Å². The largest absolute Gasteiger partial charge is 0.492 e. The van der Waals surface area contributed by atoms with Crippen molar-refractivity contribution in [2.24, 2.45) is 4.99 Å². The fourth-order valence-corrected chi connectivity index (χ4v) is 1.42. The summed E-state index contributed by atoms with van der Waals surface area (Å²) >= 11 is 0. The minimum Gasteiger partial charge on any atom is -0.492 e. The molecule has 0 saturated heterocycles. The van der Waals surface area contributed by atoms with Crippen LogP contribution in [0.1, 0.15) is 19.4 Å². The highest BCUT2D eigenvalue weighted by atomic mass is 16.5. The molecule has 1 rings (SSSR count). The molecule has 1 aromatic carbocycles. The number of benzene rings is 1. The van der Waals surface area contributed by atoms with Crippen molar-refractivity contribution in [3.63, 3.8) is 0 Å². The molecule has 0 aliphatic heterocycles. The van der Waals surface area contributed by atoms with Crippen molar-refractivity contribution >= 4 is 18.0 Å². The van der Waals surface area contributed by atoms with Gasteiger partial charge in [-0.15, -0.1) is 0 Å². The molecule has 0 atom stereocenters. The summed E-state index contributed by atoms with van der Waals surface area (Å²) in [6.45, 7) is 7.98. The molecule has 1 aromatic rings. The molecule has 0 spiro atoms. The molecule has 0 aliphatic carbocycles. The van der Waals surface area contributed by atoms with Crippen LogP contribution in [0.3, 0.4) is 0 Å². The Kier molecular flexibility index (Phi) is 5.01. The maximum atomic E-state index is 5.64. The van der Waals surface area contributed by atoms with E-state index in [0.29, 0.717) is 12.4 Å². The number of nitrogen functional groups attached to an aromatic ring is 1. The summed E-state index contributed by atoms with van der Waals surface area (Å²) in [6.07, 6.45) is 3.54. The standard InChI is InChI=1S/C14H18N2O/c1-4-17-14(10-16-3)9-11(2)12-5-7-13(15)8-6-12/h5-10H,3-4,15H2,1-2H3/b11-9+,14-10+. The Hall–Kier alpha value is -2.03. The second kappa shape index (κ2) is 6.53. The maximum absolute atomic E-state index is 5.64. The van der Waals surface area contributed by atoms with Gasteiger partial charge in [0.15, 0.2) is 0 Å². The molecule has 0 amide bonds. The van der Waals surface area contributed by atoms with Crippen LogP contribution in [0, 0.1) is 0 Å². The molecular weight excluding hydrogens is 212 g/mol. The molecule has 0 unspecified atom stereocenters. The molecule has 3 heteroatoms. The number of rotatable bonds is 5. The van der Waals surface area contributed by atoms with Crippen molar-refractivity contribution < 1.29 is 4.74 Å². The first kappa shape index (κ1) is 13.0. The average Bonchev–Trinajstić information content (AvgIpc) is 2.30. The van der Waals surface area contributed by atoms with Crippen molar-refractivity contribution in [2.75, 3.05) is 12.3 Å². The number of anilines is 1. The Labute approximate surface area is 102 Å². The van der Waals surface area contributed by atoms with Gasteiger partial charge in [0.1, 0.15) is 5.76 Å². The topological polar surface area (TPSA) is 47.6 Å². The number of nitrogens with zero attached hydrogens (tertiary/aromatic N) is 1. The summed E-state index contributed by atoms with van der Waals surface area (Å²) in [5, 5.41) is 0. The smallest absolute Gasteiger partial charge is 0.137 e. The van der Waals surface area contributed by atoms with Crippen molar-refractivity contribution in [1.29, 1.82) is 0 Å². The van der Waals surface area contributed by atoms with Gasteiger partial charge >= 0.3 is 0 Å². The second-order valence-corrected chi connectivity index (χ2v) is 3.60. The van der Waals surface area contributed by atoms with Gasteiger partial charge < -0.3 is 10.5 Å². The van der Waals surface area contributed by atoms with Gasteiger partial charge in [-0.25, -0.2) is 0 Å². The van der Waals surface area contributed by atoms with E-state index in [1.54, 1.807) is 6.20 Å². The van der Waals surface area contributed by atoms with Crippen LogP contribution in [0.25, 0.3) is 5.57 Å². The van der Waals surface area contributed by atoms with E-state index in [4.69, 9.17) is 10.5 Å². The third kappa shape index (κ3) is 4.15. The average molecular weight is 230 g/mol. The zero-order valence-electron chi connectivity index (χ0n) is 10.3. The lowest BCUT2D eigenvalue weighted by molar-refractivity contribution is 0.242. The van der Waals surface area contributed by atoms with Crippen LogP contribution in [0.4, 0.5) is 5.69 Å². The van der Waals surface area contributed by atoms with Crippen LogP contribution < -0.4 is 5.73 Å². The van der Waals surface area contributed by atoms with Gasteiger partial charge in [-0.3, -0.25) is 4.99 Å². The van der Waals surface area contributed by atoms with Gasteiger partial charge in [0.05, 0.1) is 12.8 Å². The van der Waals surface area contributed by atoms with Crippen LogP contribution in [-0.2, 0) is 4.74 Å². The van der Waals surface area contributed by atoms with E-state index in [2.05, 4.69) is 11.7 Å². The minimum atomic E-state index is 0.604. The van der Waals surface area contributed by atoms with Crippen LogP contribution in [0.5, 0.6) is 0 Å². The number of hydrogen-bond acceptors (Lipinski definition) is 3. The number of hydrogen-bond donors (Lipinski definition) is 1. The van der Waals surface area contributed by atoms with Gasteiger partial charge in [0.25, 0.3) is 0 Å². The van der Waals surface area contributed by atoms with E-state index >= 15 is 0 Å². The molecule has 0 bridgehead atoms. The third-order valence-corrected chi connectivity index (χ3v) is 2.25. The summed E-state index contributed by atoms with van der Waals surface area (Å²) in [4.78, 5) is 3.71. The zero-order chi connectivity index (χ0) is 12.7. The number of allylic oxidation sites excluding steroid dienone is 2. The number of aliphatic imine (C=N–C) groups is 1. The first-order chi connectivity index (χ1) is 8.17. The lowest BCUT2D eigenvalue weighted by Gasteiger charge is -2.06. The Morgan fingerprint density at radius 2 is 2.06 bits per heavy atom. The molecule has 0 aliphatic rings. The van der Waals surface area contributed by atoms with E-state index < -0.39 is 0 Å². The molecule has 0 radical (unpaired) electrons. The Morgan fingerprint density at radius 1 is 1.41 bits per heavy atom. The molecular formula is C14H18N2O. The quantitative estimate of drug-likeness (QED) is 0.365. The fraction of sp³-hybridized carbons (Fsp3) is 0.214. The molecule has 90 valence electrons. The van der Waals surface area contributed by atoms with Crippen LogP contribution >= 0.6 is 0 Å². The second-order valence-electron chi connectivity index (χ2n) is 3.60. The molecule has 0 aromatic heterocycles. The predicted octanol–water partition coefficient (Wildman–Crippen LogP) is 3.25. The van der Waals surface area contributed by atoms with Gasteiger partial charge in [0.2, 0.25) is 0 Å². The van der Waals surface area contributed by atoms with Crippen LogP contribution in [0.15, 0.2) is 47.3 Å². The maximum Gasteiger partial charge on any atom is 0.137 e. The number of nitrogens with two attached hydrogens (primary N) is 1. The van der Waals surface area contributed by atoms with E-state index in [1.165, 1.54) is 0 Å². The first-order valence-electron chi connectivity index (χ1n) is 5.50. The van der Waals surface area contributed by atoms with E-state index in [0.717, 1.165) is 16.8 Å². The van der Waals surface area contributed by atoms with E-state index in [1.807, 2.05) is 44.2 Å². The van der Waals surface area contributed by atoms with E-state index in [9.17, 15) is 0 Å². The van der Waals surface area contributed by atoms with E-state index in [-0.39, 0.29) is 0 Å². The Bertz CT molecular complexity index is 430. The summed E-state index contributed by atoms with van der Waals surface area (Å²) < 4.78 is 5.42. The van der Waals surface area contributed by atoms with Gasteiger partial charge in [-0.05, 0) is 49.9 Å². The summed E-state index contributed by atoms with van der Waals surface area (Å²) in [5.74, 6) is 0.705. The van der Waals surface area contributed by atoms with Gasteiger partial charge in [0, 0.05) is 5.69 Å². The Balaban J connectivity index is 2.93. The lowest BCUT2D eigenvalue weighted by atomic mass is 10.1. The van der Waals surface area contributed by atoms with Crippen LogP contribution in [0.2, 0.25) is 0 Å². The minimum absolute atomic E-state index is 0.604. The van der Waals surface area contributed by atoms with Crippen molar-refractivity contribution in [3.05, 3.63) is 47.9 Å². The molecule has 0 heterocycles. The predicted molar refractivity (Wildman–Crippen MR) is 73.8 cm³/mol. The highest BCUT2D eigenvalue weighted by Gasteiger charge is 1.98. The highest BCUT2D eigenvalue weighted by molar-refractivity contribution is 5.67. The third-order valence-electron chi connectivity index (χ3n) is 2.25. The summed E-state index contributed by atoms with van der Waals surface area (Å²) in [6, 6.07) is 7.71. The summed E-state index contributed by atoms with van der Waals surface area (Å²) in [7, 11) is 0. The van der Waals surface area contributed by atoms with Crippen molar-refractivity contribution in [1.82, 2.24) is 0 Å². The highest BCUT2D eigenvalue weighted by Crippen LogP contribution is 2.18. The first-order valence-corrected chi connectivity index (χ1v) is 5.50. The van der Waals surface area contributed by atoms with Crippen molar-refractivity contribution in [2.45, 2.75) is 13.8 Å². The summed E-state index contributed by atoms with van der Waals surface area (Å²) in [5.41, 5.74) is 8.60.